The summed E-state index contributed by atoms with van der Waals surface area (Å²) < 4.78 is 5.35. The summed E-state index contributed by atoms with van der Waals surface area (Å²) in [6.45, 7) is 1.07. The summed E-state index contributed by atoms with van der Waals surface area (Å²) in [6, 6.07) is 5.09. The smallest absolute Gasteiger partial charge is 0.227 e. The van der Waals surface area contributed by atoms with Gasteiger partial charge in [-0.05, 0) is 17.7 Å². The highest BCUT2D eigenvalue weighted by Gasteiger charge is 2.27. The molecule has 6 nitrogen and oxygen atoms in total. The summed E-state index contributed by atoms with van der Waals surface area (Å²) >= 11 is 11.8. The number of nitrogens with two attached hydrogens (primary N) is 1. The molecule has 2 rings (SSSR count). The first-order valence-corrected chi connectivity index (χ1v) is 7.07. The maximum atomic E-state index is 12.3. The Balaban J connectivity index is 2.01. The minimum Gasteiger partial charge on any atom is -0.409 e. The lowest BCUT2D eigenvalue weighted by Gasteiger charge is -2.32. The third-order valence-corrected chi connectivity index (χ3v) is 3.94. The molecule has 3 N–H and O–H groups in total. The molecule has 8 heteroatoms. The lowest BCUT2D eigenvalue weighted by atomic mass is 10.1. The molecular weight excluding hydrogens is 317 g/mol. The van der Waals surface area contributed by atoms with E-state index in [2.05, 4.69) is 5.16 Å². The number of hydrogen-bond donors (Lipinski definition) is 2. The van der Waals surface area contributed by atoms with E-state index in [1.165, 1.54) is 0 Å². The minimum absolute atomic E-state index is 0.0398. The zero-order chi connectivity index (χ0) is 15.4. The van der Waals surface area contributed by atoms with Gasteiger partial charge in [0.25, 0.3) is 0 Å². The lowest BCUT2D eigenvalue weighted by Crippen LogP contribution is -2.50. The van der Waals surface area contributed by atoms with Crippen LogP contribution in [0.3, 0.4) is 0 Å². The molecule has 1 atom stereocenters. The van der Waals surface area contributed by atoms with Gasteiger partial charge in [-0.3, -0.25) is 4.79 Å². The zero-order valence-corrected chi connectivity index (χ0v) is 12.6. The Morgan fingerprint density at radius 3 is 2.90 bits per heavy atom. The first-order valence-electron chi connectivity index (χ1n) is 6.32. The van der Waals surface area contributed by atoms with Gasteiger partial charge >= 0.3 is 0 Å². The van der Waals surface area contributed by atoms with Gasteiger partial charge < -0.3 is 20.6 Å². The predicted octanol–water partition coefficient (Wildman–Crippen LogP) is 1.51. The zero-order valence-electron chi connectivity index (χ0n) is 11.1. The molecule has 0 bridgehead atoms. The number of hydrogen-bond acceptors (Lipinski definition) is 4. The van der Waals surface area contributed by atoms with Crippen molar-refractivity contribution >= 4 is 34.9 Å². The highest BCUT2D eigenvalue weighted by atomic mass is 35.5. The van der Waals surface area contributed by atoms with Crippen LogP contribution in [-0.2, 0) is 16.0 Å². The second-order valence-electron chi connectivity index (χ2n) is 4.65. The second-order valence-corrected chi connectivity index (χ2v) is 5.46. The van der Waals surface area contributed by atoms with Crippen molar-refractivity contribution < 1.29 is 14.7 Å². The van der Waals surface area contributed by atoms with Gasteiger partial charge in [-0.2, -0.15) is 0 Å². The molecule has 1 aliphatic heterocycles. The number of carbonyl (C=O) groups excluding carboxylic acids is 1. The fourth-order valence-corrected chi connectivity index (χ4v) is 2.38. The fourth-order valence-electron chi connectivity index (χ4n) is 2.06. The number of amides is 1. The van der Waals surface area contributed by atoms with Crippen LogP contribution in [-0.4, -0.2) is 47.7 Å². The number of carbonyl (C=O) groups is 1. The quantitative estimate of drug-likeness (QED) is 0.380. The van der Waals surface area contributed by atoms with Gasteiger partial charge in [0.15, 0.2) is 5.84 Å². The van der Waals surface area contributed by atoms with Crippen molar-refractivity contribution in [3.63, 3.8) is 0 Å². The first kappa shape index (κ1) is 15.9. The maximum Gasteiger partial charge on any atom is 0.227 e. The first-order chi connectivity index (χ1) is 10.0. The van der Waals surface area contributed by atoms with E-state index in [-0.39, 0.29) is 24.7 Å². The van der Waals surface area contributed by atoms with Crippen molar-refractivity contribution in [3.05, 3.63) is 33.8 Å². The maximum absolute atomic E-state index is 12.3. The van der Waals surface area contributed by atoms with Crippen molar-refractivity contribution in [2.75, 3.05) is 19.7 Å². The molecule has 1 fully saturated rings. The van der Waals surface area contributed by atoms with Gasteiger partial charge in [0.05, 0.1) is 29.6 Å². The molecule has 114 valence electrons. The molecule has 21 heavy (non-hydrogen) atoms. The van der Waals surface area contributed by atoms with Crippen LogP contribution >= 0.6 is 23.2 Å². The Morgan fingerprint density at radius 2 is 2.24 bits per heavy atom. The number of halogens is 2. The standard InChI is InChI=1S/C13H15Cl2N3O3/c14-9-2-1-8(5-10(9)15)6-12(19)18-3-4-21-11(7-18)13(16)17-20/h1-2,5,11,20H,3-4,6-7H2,(H2,16,17). The normalized spacial score (nSPS) is 19.6. The van der Waals surface area contributed by atoms with Crippen LogP contribution in [0.5, 0.6) is 0 Å². The number of oxime groups is 1. The molecule has 0 aliphatic carbocycles. The van der Waals surface area contributed by atoms with Crippen molar-refractivity contribution in [1.82, 2.24) is 4.90 Å². The van der Waals surface area contributed by atoms with Crippen molar-refractivity contribution in [3.8, 4) is 0 Å². The molecule has 0 aromatic heterocycles. The molecule has 0 saturated carbocycles. The van der Waals surface area contributed by atoms with Crippen LogP contribution in [0.25, 0.3) is 0 Å². The van der Waals surface area contributed by atoms with Crippen LogP contribution in [0.2, 0.25) is 10.0 Å². The van der Waals surface area contributed by atoms with Gasteiger partial charge in [0.2, 0.25) is 5.91 Å². The Bertz CT molecular complexity index is 566. The van der Waals surface area contributed by atoms with Crippen LogP contribution in [0.1, 0.15) is 5.56 Å². The second kappa shape index (κ2) is 6.98. The largest absolute Gasteiger partial charge is 0.409 e. The number of ether oxygens (including phenoxy) is 1. The fraction of sp³-hybridized carbons (Fsp3) is 0.385. The molecule has 1 aromatic rings. The third-order valence-electron chi connectivity index (χ3n) is 3.20. The van der Waals surface area contributed by atoms with Crippen molar-refractivity contribution in [2.24, 2.45) is 10.9 Å². The molecule has 1 aliphatic rings. The van der Waals surface area contributed by atoms with Crippen LogP contribution in [0.15, 0.2) is 23.4 Å². The van der Waals surface area contributed by atoms with E-state index in [9.17, 15) is 4.79 Å². The summed E-state index contributed by atoms with van der Waals surface area (Å²) in [5, 5.41) is 12.4. The van der Waals surface area contributed by atoms with E-state index in [1.54, 1.807) is 23.1 Å². The van der Waals surface area contributed by atoms with Gasteiger partial charge in [0.1, 0.15) is 6.10 Å². The Morgan fingerprint density at radius 1 is 1.48 bits per heavy atom. The van der Waals surface area contributed by atoms with Crippen LogP contribution in [0, 0.1) is 0 Å². The Labute approximate surface area is 132 Å². The summed E-state index contributed by atoms with van der Waals surface area (Å²) in [5.74, 6) is -0.116. The predicted molar refractivity (Wildman–Crippen MR) is 79.9 cm³/mol. The molecule has 1 heterocycles. The monoisotopic (exact) mass is 331 g/mol. The van der Waals surface area contributed by atoms with E-state index in [4.69, 9.17) is 38.9 Å². The summed E-state index contributed by atoms with van der Waals surface area (Å²) in [6.07, 6.45) is -0.374. The Hall–Kier alpha value is -1.50. The van der Waals surface area contributed by atoms with E-state index < -0.39 is 6.10 Å². The number of rotatable bonds is 3. The van der Waals surface area contributed by atoms with Crippen LogP contribution < -0.4 is 5.73 Å². The summed E-state index contributed by atoms with van der Waals surface area (Å²) in [4.78, 5) is 13.9. The van der Waals surface area contributed by atoms with E-state index >= 15 is 0 Å². The van der Waals surface area contributed by atoms with E-state index in [1.807, 2.05) is 0 Å². The number of amidine groups is 1. The minimum atomic E-state index is -0.582. The highest BCUT2D eigenvalue weighted by Crippen LogP contribution is 2.23. The molecule has 0 radical (unpaired) electrons. The van der Waals surface area contributed by atoms with E-state index in [0.717, 1.165) is 5.56 Å². The summed E-state index contributed by atoms with van der Waals surface area (Å²) in [5.41, 5.74) is 6.28. The van der Waals surface area contributed by atoms with Gasteiger partial charge in [0, 0.05) is 6.54 Å². The average molecular weight is 332 g/mol. The van der Waals surface area contributed by atoms with Gasteiger partial charge in [-0.1, -0.05) is 34.4 Å². The molecule has 1 aromatic carbocycles. The van der Waals surface area contributed by atoms with Crippen molar-refractivity contribution in [1.29, 1.82) is 0 Å². The molecular formula is C13H15Cl2N3O3. The molecule has 0 spiro atoms. The summed E-state index contributed by atoms with van der Waals surface area (Å²) in [7, 11) is 0. The van der Waals surface area contributed by atoms with E-state index in [0.29, 0.717) is 23.2 Å². The highest BCUT2D eigenvalue weighted by molar-refractivity contribution is 6.42. The van der Waals surface area contributed by atoms with Gasteiger partial charge in [-0.25, -0.2) is 0 Å². The molecule has 1 unspecified atom stereocenters. The topological polar surface area (TPSA) is 88.2 Å². The third kappa shape index (κ3) is 4.00. The number of morpholine rings is 1. The van der Waals surface area contributed by atoms with Gasteiger partial charge in [-0.15, -0.1) is 0 Å². The lowest BCUT2D eigenvalue weighted by molar-refractivity contribution is -0.135. The molecule has 1 amide bonds. The SMILES string of the molecule is NC(=NO)C1CN(C(=O)Cc2ccc(Cl)c(Cl)c2)CCO1. The van der Waals surface area contributed by atoms with Crippen LogP contribution in [0.4, 0.5) is 0 Å². The number of benzene rings is 1. The Kier molecular flexibility index (Phi) is 5.27. The van der Waals surface area contributed by atoms with Crippen molar-refractivity contribution in [2.45, 2.75) is 12.5 Å². The number of nitrogens with zero attached hydrogens (tertiary/aromatic N) is 2. The molecule has 1 saturated heterocycles. The average Bonchev–Trinajstić information content (AvgIpc) is 2.50.